The van der Waals surface area contributed by atoms with Gasteiger partial charge in [-0.15, -0.1) is 12.4 Å². The minimum absolute atomic E-state index is 0. The Morgan fingerprint density at radius 3 is 2.92 bits per heavy atom. The number of hydrogen-bond acceptors (Lipinski definition) is 3. The zero-order valence-electron chi connectivity index (χ0n) is 13.9. The number of carbonyl (C=O) groups excluding carboxylic acids is 1. The smallest absolute Gasteiger partial charge is 0.272 e. The fraction of sp³-hybridized carbons (Fsp3) is 0.444. The quantitative estimate of drug-likeness (QED) is 0.773. The van der Waals surface area contributed by atoms with Crippen LogP contribution >= 0.6 is 28.3 Å². The molecule has 1 unspecified atom stereocenters. The highest BCUT2D eigenvalue weighted by Gasteiger charge is 2.30. The van der Waals surface area contributed by atoms with Gasteiger partial charge in [0.1, 0.15) is 0 Å². The lowest BCUT2D eigenvalue weighted by atomic mass is 10.1. The fourth-order valence-electron chi connectivity index (χ4n) is 3.43. The van der Waals surface area contributed by atoms with Gasteiger partial charge in [-0.2, -0.15) is 5.10 Å². The van der Waals surface area contributed by atoms with Gasteiger partial charge < -0.3 is 11.1 Å². The highest BCUT2D eigenvalue weighted by molar-refractivity contribution is 9.10. The molecule has 2 aliphatic carbocycles. The Morgan fingerprint density at radius 1 is 1.40 bits per heavy atom. The van der Waals surface area contributed by atoms with Crippen molar-refractivity contribution < 1.29 is 4.79 Å². The summed E-state index contributed by atoms with van der Waals surface area (Å²) in [5.41, 5.74) is 9.88. The molecule has 3 N–H and O–H groups in total. The highest BCUT2D eigenvalue weighted by Crippen LogP contribution is 2.31. The second-order valence-corrected chi connectivity index (χ2v) is 7.65. The second-order valence-electron chi connectivity index (χ2n) is 6.73. The molecular formula is C18H22BrClN4O. The lowest BCUT2D eigenvalue weighted by Crippen LogP contribution is -2.39. The summed E-state index contributed by atoms with van der Waals surface area (Å²) in [5, 5.41) is 7.60. The standard InChI is InChI=1S/C18H21BrN4O.ClH/c19-12-3-1-4-13(9-12)23-16-6-2-5-14(16)17(22-23)18(24)21-10-15(20)11-7-8-11;/h1,3-4,9,11,15H,2,5-8,10,20H2,(H,21,24);1H. The topological polar surface area (TPSA) is 72.9 Å². The van der Waals surface area contributed by atoms with Crippen molar-refractivity contribution in [3.63, 3.8) is 0 Å². The van der Waals surface area contributed by atoms with E-state index in [2.05, 4.69) is 26.3 Å². The van der Waals surface area contributed by atoms with Crippen LogP contribution in [0.25, 0.3) is 5.69 Å². The number of nitrogens with two attached hydrogens (primary N) is 1. The van der Waals surface area contributed by atoms with E-state index in [1.807, 2.05) is 28.9 Å². The molecule has 7 heteroatoms. The molecule has 0 radical (unpaired) electrons. The minimum Gasteiger partial charge on any atom is -0.349 e. The molecule has 2 aliphatic rings. The highest BCUT2D eigenvalue weighted by atomic mass is 79.9. The van der Waals surface area contributed by atoms with E-state index in [9.17, 15) is 4.79 Å². The molecule has 134 valence electrons. The summed E-state index contributed by atoms with van der Waals surface area (Å²) in [6.07, 6.45) is 5.32. The van der Waals surface area contributed by atoms with E-state index in [0.717, 1.165) is 40.7 Å². The molecule has 1 amide bonds. The SMILES string of the molecule is Cl.NC(CNC(=O)c1nn(-c2cccc(Br)c2)c2c1CCC2)C1CC1. The van der Waals surface area contributed by atoms with Crippen LogP contribution in [-0.4, -0.2) is 28.3 Å². The maximum absolute atomic E-state index is 12.6. The molecule has 0 spiro atoms. The first-order valence-electron chi connectivity index (χ1n) is 8.54. The number of aromatic nitrogens is 2. The number of amides is 1. The Balaban J connectivity index is 0.00000182. The van der Waals surface area contributed by atoms with Gasteiger partial charge in [0.05, 0.1) is 5.69 Å². The third kappa shape index (κ3) is 3.76. The van der Waals surface area contributed by atoms with Crippen LogP contribution in [0.2, 0.25) is 0 Å². The molecule has 5 nitrogen and oxygen atoms in total. The first-order valence-corrected chi connectivity index (χ1v) is 9.33. The Kier molecular flexibility index (Phi) is 5.51. The van der Waals surface area contributed by atoms with Gasteiger partial charge in [-0.3, -0.25) is 4.79 Å². The minimum atomic E-state index is -0.0991. The first-order chi connectivity index (χ1) is 11.6. The van der Waals surface area contributed by atoms with Gasteiger partial charge in [0.15, 0.2) is 5.69 Å². The Hall–Kier alpha value is -1.37. The predicted octanol–water partition coefficient (Wildman–Crippen LogP) is 3.01. The molecule has 1 atom stereocenters. The van der Waals surface area contributed by atoms with Crippen molar-refractivity contribution in [3.8, 4) is 5.69 Å². The van der Waals surface area contributed by atoms with Crippen LogP contribution in [-0.2, 0) is 12.8 Å². The van der Waals surface area contributed by atoms with Gasteiger partial charge in [-0.25, -0.2) is 4.68 Å². The molecule has 1 aromatic heterocycles. The van der Waals surface area contributed by atoms with Gasteiger partial charge in [-0.05, 0) is 56.2 Å². The van der Waals surface area contributed by atoms with Crippen molar-refractivity contribution in [1.82, 2.24) is 15.1 Å². The molecule has 1 aromatic carbocycles. The number of halogens is 2. The van der Waals surface area contributed by atoms with E-state index in [1.54, 1.807) is 0 Å². The average molecular weight is 426 g/mol. The Labute approximate surface area is 161 Å². The molecule has 0 aliphatic heterocycles. The lowest BCUT2D eigenvalue weighted by Gasteiger charge is -2.11. The third-order valence-corrected chi connectivity index (χ3v) is 5.42. The summed E-state index contributed by atoms with van der Waals surface area (Å²) in [6.45, 7) is 0.530. The maximum Gasteiger partial charge on any atom is 0.272 e. The molecule has 0 saturated heterocycles. The Morgan fingerprint density at radius 2 is 2.20 bits per heavy atom. The molecule has 1 heterocycles. The number of nitrogens with one attached hydrogen (secondary N) is 1. The van der Waals surface area contributed by atoms with Crippen LogP contribution in [0.4, 0.5) is 0 Å². The third-order valence-electron chi connectivity index (χ3n) is 4.92. The normalized spacial score (nSPS) is 16.9. The number of carbonyl (C=O) groups is 1. The van der Waals surface area contributed by atoms with Crippen LogP contribution in [0.5, 0.6) is 0 Å². The van der Waals surface area contributed by atoms with Gasteiger partial charge in [0.25, 0.3) is 5.91 Å². The second kappa shape index (κ2) is 7.48. The number of rotatable bonds is 5. The number of benzene rings is 1. The van der Waals surface area contributed by atoms with Crippen LogP contribution in [0.15, 0.2) is 28.7 Å². The zero-order chi connectivity index (χ0) is 16.7. The van der Waals surface area contributed by atoms with E-state index in [1.165, 1.54) is 12.8 Å². The zero-order valence-corrected chi connectivity index (χ0v) is 16.3. The molecule has 1 saturated carbocycles. The van der Waals surface area contributed by atoms with Gasteiger partial charge in [-0.1, -0.05) is 22.0 Å². The van der Waals surface area contributed by atoms with E-state index < -0.39 is 0 Å². The summed E-state index contributed by atoms with van der Waals surface area (Å²) >= 11 is 3.50. The van der Waals surface area contributed by atoms with Crippen molar-refractivity contribution in [1.29, 1.82) is 0 Å². The van der Waals surface area contributed by atoms with Crippen molar-refractivity contribution >= 4 is 34.2 Å². The molecule has 1 fully saturated rings. The van der Waals surface area contributed by atoms with Crippen molar-refractivity contribution in [3.05, 3.63) is 45.7 Å². The summed E-state index contributed by atoms with van der Waals surface area (Å²) in [5.74, 6) is 0.480. The Bertz CT molecular complexity index is 787. The van der Waals surface area contributed by atoms with Crippen molar-refractivity contribution in [2.75, 3.05) is 6.54 Å². The summed E-state index contributed by atoms with van der Waals surface area (Å²) in [7, 11) is 0. The van der Waals surface area contributed by atoms with Gasteiger partial charge in [0, 0.05) is 28.3 Å². The predicted molar refractivity (Wildman–Crippen MR) is 104 cm³/mol. The number of fused-ring (bicyclic) bond motifs is 1. The van der Waals surface area contributed by atoms with E-state index in [4.69, 9.17) is 5.73 Å². The maximum atomic E-state index is 12.6. The molecule has 0 bridgehead atoms. The molecule has 4 rings (SSSR count). The van der Waals surface area contributed by atoms with Crippen LogP contribution in [0.3, 0.4) is 0 Å². The van der Waals surface area contributed by atoms with E-state index in [-0.39, 0.29) is 24.4 Å². The largest absolute Gasteiger partial charge is 0.349 e. The molecule has 25 heavy (non-hydrogen) atoms. The van der Waals surface area contributed by atoms with E-state index in [0.29, 0.717) is 18.2 Å². The van der Waals surface area contributed by atoms with E-state index >= 15 is 0 Å². The summed E-state index contributed by atoms with van der Waals surface area (Å²) < 4.78 is 2.92. The lowest BCUT2D eigenvalue weighted by molar-refractivity contribution is 0.0944. The number of nitrogens with zero attached hydrogens (tertiary/aromatic N) is 2. The molecule has 2 aromatic rings. The van der Waals surface area contributed by atoms with Crippen LogP contribution < -0.4 is 11.1 Å². The van der Waals surface area contributed by atoms with Crippen LogP contribution in [0.1, 0.15) is 41.0 Å². The first kappa shape index (κ1) is 18.4. The van der Waals surface area contributed by atoms with Crippen LogP contribution in [0, 0.1) is 5.92 Å². The average Bonchev–Trinajstić information content (AvgIpc) is 3.20. The monoisotopic (exact) mass is 424 g/mol. The summed E-state index contributed by atoms with van der Waals surface area (Å²) in [6, 6.07) is 8.07. The fourth-order valence-corrected chi connectivity index (χ4v) is 3.81. The van der Waals surface area contributed by atoms with Crippen molar-refractivity contribution in [2.24, 2.45) is 11.7 Å². The summed E-state index contributed by atoms with van der Waals surface area (Å²) in [4.78, 5) is 12.6. The van der Waals surface area contributed by atoms with Gasteiger partial charge in [0.2, 0.25) is 0 Å². The van der Waals surface area contributed by atoms with Gasteiger partial charge >= 0.3 is 0 Å². The van der Waals surface area contributed by atoms with Crippen molar-refractivity contribution in [2.45, 2.75) is 38.1 Å². The molecular weight excluding hydrogens is 404 g/mol. The number of hydrogen-bond donors (Lipinski definition) is 2.